The molecule has 0 aliphatic heterocycles. The van der Waals surface area contributed by atoms with Gasteiger partial charge in [-0.3, -0.25) is 0 Å². The molecule has 0 heterocycles. The molecule has 0 saturated heterocycles. The maximum Gasteiger partial charge on any atom is 0.123 e. The van der Waals surface area contributed by atoms with Crippen molar-refractivity contribution in [2.75, 3.05) is 19.5 Å². The summed E-state index contributed by atoms with van der Waals surface area (Å²) in [6.45, 7) is 3.01. The highest BCUT2D eigenvalue weighted by Gasteiger charge is 2.02. The summed E-state index contributed by atoms with van der Waals surface area (Å²) in [6, 6.07) is 13.1. The van der Waals surface area contributed by atoms with E-state index in [4.69, 9.17) is 19.9 Å². The molecule has 2 rings (SSSR count). The summed E-state index contributed by atoms with van der Waals surface area (Å²) in [6.07, 6.45) is 0. The number of ether oxygens (including phenoxy) is 3. The highest BCUT2D eigenvalue weighted by atomic mass is 16.5. The number of rotatable bonds is 6. The van der Waals surface area contributed by atoms with Crippen LogP contribution in [-0.4, -0.2) is 13.7 Å². The Labute approximate surface area is 119 Å². The Hall–Kier alpha value is -2.36. The van der Waals surface area contributed by atoms with E-state index in [0.717, 1.165) is 22.8 Å². The summed E-state index contributed by atoms with van der Waals surface area (Å²) in [5, 5.41) is 0. The van der Waals surface area contributed by atoms with E-state index in [2.05, 4.69) is 0 Å². The predicted octanol–water partition coefficient (Wildman–Crippen LogP) is 3.26. The van der Waals surface area contributed by atoms with Gasteiger partial charge >= 0.3 is 0 Å². The summed E-state index contributed by atoms with van der Waals surface area (Å²) in [5.41, 5.74) is 7.43. The lowest BCUT2D eigenvalue weighted by Gasteiger charge is -2.10. The number of nitrogen functional groups attached to an aromatic ring is 1. The van der Waals surface area contributed by atoms with Gasteiger partial charge in [0.1, 0.15) is 23.9 Å². The van der Waals surface area contributed by atoms with Crippen LogP contribution in [0, 0.1) is 0 Å². The minimum Gasteiger partial charge on any atom is -0.497 e. The molecule has 2 aromatic carbocycles. The van der Waals surface area contributed by atoms with Crippen LogP contribution in [0.4, 0.5) is 5.69 Å². The van der Waals surface area contributed by atoms with Gasteiger partial charge in [-0.25, -0.2) is 0 Å². The summed E-state index contributed by atoms with van der Waals surface area (Å²) in [7, 11) is 1.62. The second-order valence-corrected chi connectivity index (χ2v) is 4.31. The smallest absolute Gasteiger partial charge is 0.123 e. The quantitative estimate of drug-likeness (QED) is 0.821. The number of anilines is 1. The first-order valence-electron chi connectivity index (χ1n) is 6.50. The fourth-order valence-electron chi connectivity index (χ4n) is 1.87. The van der Waals surface area contributed by atoms with Gasteiger partial charge in [0.15, 0.2) is 0 Å². The van der Waals surface area contributed by atoms with E-state index < -0.39 is 0 Å². The van der Waals surface area contributed by atoms with Crippen molar-refractivity contribution < 1.29 is 14.2 Å². The molecule has 0 aliphatic rings. The molecule has 0 radical (unpaired) electrons. The number of hydrogen-bond acceptors (Lipinski definition) is 4. The lowest BCUT2D eigenvalue weighted by molar-refractivity contribution is 0.299. The third kappa shape index (κ3) is 3.82. The second kappa shape index (κ2) is 6.70. The van der Waals surface area contributed by atoms with Crippen molar-refractivity contribution in [1.29, 1.82) is 0 Å². The number of benzene rings is 2. The zero-order valence-electron chi connectivity index (χ0n) is 11.8. The average molecular weight is 273 g/mol. The minimum atomic E-state index is 0.428. The number of hydrogen-bond donors (Lipinski definition) is 1. The van der Waals surface area contributed by atoms with Gasteiger partial charge in [0.2, 0.25) is 0 Å². The number of nitrogens with two attached hydrogens (primary N) is 1. The minimum absolute atomic E-state index is 0.428. The van der Waals surface area contributed by atoms with Crippen molar-refractivity contribution in [3.63, 3.8) is 0 Å². The molecular weight excluding hydrogens is 254 g/mol. The lowest BCUT2D eigenvalue weighted by Crippen LogP contribution is -1.99. The van der Waals surface area contributed by atoms with Crippen LogP contribution in [-0.2, 0) is 6.61 Å². The summed E-state index contributed by atoms with van der Waals surface area (Å²) in [5.74, 6) is 2.29. The molecule has 106 valence electrons. The van der Waals surface area contributed by atoms with E-state index >= 15 is 0 Å². The fourth-order valence-corrected chi connectivity index (χ4v) is 1.87. The van der Waals surface area contributed by atoms with Crippen LogP contribution < -0.4 is 19.9 Å². The van der Waals surface area contributed by atoms with Crippen LogP contribution in [0.5, 0.6) is 17.2 Å². The van der Waals surface area contributed by atoms with Gasteiger partial charge in [0, 0.05) is 17.8 Å². The maximum atomic E-state index is 5.81. The van der Waals surface area contributed by atoms with E-state index in [1.807, 2.05) is 43.3 Å². The highest BCUT2D eigenvalue weighted by molar-refractivity contribution is 5.47. The van der Waals surface area contributed by atoms with Crippen molar-refractivity contribution in [2.45, 2.75) is 13.5 Å². The van der Waals surface area contributed by atoms with E-state index in [-0.39, 0.29) is 0 Å². The fraction of sp³-hybridized carbons (Fsp3) is 0.250. The molecule has 4 nitrogen and oxygen atoms in total. The van der Waals surface area contributed by atoms with Crippen LogP contribution in [0.3, 0.4) is 0 Å². The van der Waals surface area contributed by atoms with Crippen LogP contribution in [0.15, 0.2) is 42.5 Å². The molecule has 0 spiro atoms. The Morgan fingerprint density at radius 1 is 0.950 bits per heavy atom. The zero-order valence-corrected chi connectivity index (χ0v) is 11.8. The molecule has 2 aromatic rings. The largest absolute Gasteiger partial charge is 0.497 e. The van der Waals surface area contributed by atoms with Crippen molar-refractivity contribution in [2.24, 2.45) is 0 Å². The van der Waals surface area contributed by atoms with Gasteiger partial charge in [-0.05, 0) is 36.8 Å². The monoisotopic (exact) mass is 273 g/mol. The molecular formula is C16H19NO3. The third-order valence-corrected chi connectivity index (χ3v) is 2.75. The zero-order chi connectivity index (χ0) is 14.4. The normalized spacial score (nSPS) is 10.1. The molecule has 0 saturated carbocycles. The SMILES string of the molecule is CCOc1cccc(OCc2cc(N)cc(OC)c2)c1. The Morgan fingerprint density at radius 2 is 1.70 bits per heavy atom. The van der Waals surface area contributed by atoms with E-state index in [0.29, 0.717) is 18.9 Å². The molecule has 0 fully saturated rings. The Bertz CT molecular complexity index is 569. The molecule has 4 heteroatoms. The topological polar surface area (TPSA) is 53.7 Å². The Morgan fingerprint density at radius 3 is 2.40 bits per heavy atom. The Kier molecular flexibility index (Phi) is 4.71. The maximum absolute atomic E-state index is 5.81. The van der Waals surface area contributed by atoms with Crippen molar-refractivity contribution in [3.05, 3.63) is 48.0 Å². The molecule has 0 atom stereocenters. The molecule has 0 bridgehead atoms. The van der Waals surface area contributed by atoms with E-state index in [1.165, 1.54) is 0 Å². The van der Waals surface area contributed by atoms with Crippen molar-refractivity contribution in [3.8, 4) is 17.2 Å². The van der Waals surface area contributed by atoms with Crippen molar-refractivity contribution >= 4 is 5.69 Å². The lowest BCUT2D eigenvalue weighted by atomic mass is 10.2. The molecule has 20 heavy (non-hydrogen) atoms. The average Bonchev–Trinajstić information content (AvgIpc) is 2.45. The first kappa shape index (κ1) is 14.1. The standard InChI is InChI=1S/C16H19NO3/c1-3-19-14-5-4-6-15(10-14)20-11-12-7-13(17)9-16(8-12)18-2/h4-10H,3,11,17H2,1-2H3. The third-order valence-electron chi connectivity index (χ3n) is 2.75. The first-order chi connectivity index (χ1) is 9.71. The van der Waals surface area contributed by atoms with Crippen LogP contribution in [0.1, 0.15) is 12.5 Å². The highest BCUT2D eigenvalue weighted by Crippen LogP contribution is 2.22. The molecule has 0 amide bonds. The number of methoxy groups -OCH3 is 1. The summed E-state index contributed by atoms with van der Waals surface area (Å²) >= 11 is 0. The van der Waals surface area contributed by atoms with Crippen molar-refractivity contribution in [1.82, 2.24) is 0 Å². The van der Waals surface area contributed by atoms with Crippen LogP contribution in [0.2, 0.25) is 0 Å². The molecule has 0 aromatic heterocycles. The Balaban J connectivity index is 2.04. The van der Waals surface area contributed by atoms with Gasteiger partial charge < -0.3 is 19.9 Å². The predicted molar refractivity (Wildman–Crippen MR) is 79.3 cm³/mol. The second-order valence-electron chi connectivity index (χ2n) is 4.31. The van der Waals surface area contributed by atoms with E-state index in [9.17, 15) is 0 Å². The summed E-state index contributed by atoms with van der Waals surface area (Å²) in [4.78, 5) is 0. The van der Waals surface area contributed by atoms with E-state index in [1.54, 1.807) is 13.2 Å². The van der Waals surface area contributed by atoms with Crippen LogP contribution in [0.25, 0.3) is 0 Å². The molecule has 2 N–H and O–H groups in total. The van der Waals surface area contributed by atoms with Gasteiger partial charge in [-0.2, -0.15) is 0 Å². The van der Waals surface area contributed by atoms with Gasteiger partial charge in [-0.1, -0.05) is 6.07 Å². The van der Waals surface area contributed by atoms with Gasteiger partial charge in [-0.15, -0.1) is 0 Å². The molecule has 0 unspecified atom stereocenters. The summed E-state index contributed by atoms with van der Waals surface area (Å²) < 4.78 is 16.4. The van der Waals surface area contributed by atoms with Gasteiger partial charge in [0.25, 0.3) is 0 Å². The first-order valence-corrected chi connectivity index (χ1v) is 6.50. The van der Waals surface area contributed by atoms with Gasteiger partial charge in [0.05, 0.1) is 13.7 Å². The molecule has 0 aliphatic carbocycles. The van der Waals surface area contributed by atoms with Crippen LogP contribution >= 0.6 is 0 Å².